The van der Waals surface area contributed by atoms with Crippen molar-refractivity contribution in [3.05, 3.63) is 77.6 Å². The van der Waals surface area contributed by atoms with Crippen molar-refractivity contribution in [1.82, 2.24) is 20.1 Å². The number of nitrogens with two attached hydrogens (primary N) is 1. The van der Waals surface area contributed by atoms with Gasteiger partial charge in [-0.15, -0.1) is 0 Å². The summed E-state index contributed by atoms with van der Waals surface area (Å²) in [7, 11) is 0. The maximum absolute atomic E-state index is 12.8. The molecule has 4 rings (SSSR count). The maximum atomic E-state index is 12.8. The fourth-order valence-electron chi connectivity index (χ4n) is 3.19. The summed E-state index contributed by atoms with van der Waals surface area (Å²) in [4.78, 5) is 40.9. The summed E-state index contributed by atoms with van der Waals surface area (Å²) >= 11 is 0. The van der Waals surface area contributed by atoms with Crippen molar-refractivity contribution in [2.45, 2.75) is 19.4 Å². The van der Waals surface area contributed by atoms with Crippen LogP contribution in [0.5, 0.6) is 0 Å². The summed E-state index contributed by atoms with van der Waals surface area (Å²) in [5.41, 5.74) is 7.85. The summed E-state index contributed by atoms with van der Waals surface area (Å²) in [6.07, 6.45) is 0.124. The van der Waals surface area contributed by atoms with Crippen LogP contribution >= 0.6 is 0 Å². The van der Waals surface area contributed by atoms with Gasteiger partial charge in [0.2, 0.25) is 5.78 Å². The van der Waals surface area contributed by atoms with Crippen LogP contribution in [0.1, 0.15) is 21.7 Å². The minimum Gasteiger partial charge on any atom is -0.422 e. The van der Waals surface area contributed by atoms with Crippen molar-refractivity contribution in [2.75, 3.05) is 0 Å². The van der Waals surface area contributed by atoms with Crippen LogP contribution < -0.4 is 11.1 Å². The number of nitrogens with one attached hydrogen (secondary N) is 1. The molecule has 1 atom stereocenters. The van der Waals surface area contributed by atoms with Gasteiger partial charge in [0.25, 0.3) is 11.8 Å². The van der Waals surface area contributed by atoms with Gasteiger partial charge in [0, 0.05) is 12.1 Å². The minimum absolute atomic E-state index is 0.0510. The molecule has 0 spiro atoms. The van der Waals surface area contributed by atoms with E-state index in [1.54, 1.807) is 49.4 Å². The normalized spacial score (nSPS) is 11.9. The van der Waals surface area contributed by atoms with Gasteiger partial charge in [0.15, 0.2) is 11.3 Å². The molecule has 0 fully saturated rings. The highest BCUT2D eigenvalue weighted by molar-refractivity contribution is 6.38. The van der Waals surface area contributed by atoms with Crippen molar-refractivity contribution < 1.29 is 18.8 Å². The van der Waals surface area contributed by atoms with Crippen LogP contribution in [-0.4, -0.2) is 38.4 Å². The zero-order chi connectivity index (χ0) is 22.0. The topological polar surface area (TPSA) is 133 Å². The summed E-state index contributed by atoms with van der Waals surface area (Å²) in [6.45, 7) is 1.74. The number of aryl methyl sites for hydroxylation is 1. The van der Waals surface area contributed by atoms with Gasteiger partial charge in [-0.3, -0.25) is 14.4 Å². The third-order valence-corrected chi connectivity index (χ3v) is 4.73. The number of carbonyl (C=O) groups is 3. The first kappa shape index (κ1) is 20.0. The summed E-state index contributed by atoms with van der Waals surface area (Å²) in [5, 5.41) is 6.83. The Morgan fingerprint density at radius 2 is 1.81 bits per heavy atom. The number of hydrogen-bond donors (Lipinski definition) is 2. The van der Waals surface area contributed by atoms with E-state index in [9.17, 15) is 14.4 Å². The number of aromatic nitrogens is 3. The minimum atomic E-state index is -1.12. The first-order chi connectivity index (χ1) is 14.9. The van der Waals surface area contributed by atoms with Gasteiger partial charge in [-0.05, 0) is 30.7 Å². The molecular formula is C22H19N5O4. The fourth-order valence-corrected chi connectivity index (χ4v) is 3.19. The predicted octanol–water partition coefficient (Wildman–Crippen LogP) is 1.72. The molecule has 3 N–H and O–H groups in total. The Balaban J connectivity index is 1.58. The highest BCUT2D eigenvalue weighted by atomic mass is 16.4. The van der Waals surface area contributed by atoms with E-state index in [0.717, 1.165) is 5.56 Å². The molecule has 0 saturated heterocycles. The van der Waals surface area contributed by atoms with Crippen molar-refractivity contribution in [2.24, 2.45) is 5.73 Å². The Bertz CT molecular complexity index is 1240. The quantitative estimate of drug-likeness (QED) is 0.440. The van der Waals surface area contributed by atoms with Crippen LogP contribution in [0.25, 0.3) is 17.1 Å². The van der Waals surface area contributed by atoms with Crippen molar-refractivity contribution in [3.63, 3.8) is 0 Å². The monoisotopic (exact) mass is 417 g/mol. The number of carbonyl (C=O) groups excluding carboxylic acids is 3. The lowest BCUT2D eigenvalue weighted by molar-refractivity contribution is -0.137. The van der Waals surface area contributed by atoms with Crippen LogP contribution in [0, 0.1) is 6.92 Å². The molecule has 1 unspecified atom stereocenters. The first-order valence-corrected chi connectivity index (χ1v) is 9.53. The van der Waals surface area contributed by atoms with E-state index in [2.05, 4.69) is 15.4 Å². The van der Waals surface area contributed by atoms with Crippen LogP contribution in [0.3, 0.4) is 0 Å². The predicted molar refractivity (Wildman–Crippen MR) is 111 cm³/mol. The maximum Gasteiger partial charge on any atom is 0.324 e. The SMILES string of the molecule is Cc1cc(C(=O)NC(Cc2ccccc2)C(=O)C(N)=O)nn1-c1nc2ccccc2o1. The highest BCUT2D eigenvalue weighted by Gasteiger charge is 2.27. The lowest BCUT2D eigenvalue weighted by Crippen LogP contribution is -2.47. The first-order valence-electron chi connectivity index (χ1n) is 9.53. The van der Waals surface area contributed by atoms with Gasteiger partial charge >= 0.3 is 6.01 Å². The van der Waals surface area contributed by atoms with Gasteiger partial charge in [-0.1, -0.05) is 42.5 Å². The fraction of sp³-hybridized carbons (Fsp3) is 0.136. The Kier molecular flexibility index (Phi) is 5.31. The van der Waals surface area contributed by atoms with Crippen LogP contribution in [-0.2, 0) is 16.0 Å². The zero-order valence-corrected chi connectivity index (χ0v) is 16.6. The molecule has 0 bridgehead atoms. The Morgan fingerprint density at radius 3 is 2.52 bits per heavy atom. The van der Waals surface area contributed by atoms with Gasteiger partial charge < -0.3 is 15.5 Å². The molecule has 0 saturated carbocycles. The molecule has 2 aromatic carbocycles. The third kappa shape index (κ3) is 4.20. The van der Waals surface area contributed by atoms with Gasteiger partial charge in [-0.2, -0.15) is 14.8 Å². The van der Waals surface area contributed by atoms with E-state index in [4.69, 9.17) is 10.2 Å². The molecule has 0 aliphatic heterocycles. The standard InChI is InChI=1S/C22H19N5O4/c1-13-11-17(26-27(13)22-25-15-9-5-6-10-18(15)31-22)21(30)24-16(19(28)20(23)29)12-14-7-3-2-4-8-14/h2-11,16H,12H2,1H3,(H2,23,29)(H,24,30). The van der Waals surface area contributed by atoms with Gasteiger partial charge in [-0.25, -0.2) is 0 Å². The van der Waals surface area contributed by atoms with E-state index in [-0.39, 0.29) is 18.1 Å². The Morgan fingerprint density at radius 1 is 1.10 bits per heavy atom. The van der Waals surface area contributed by atoms with Crippen molar-refractivity contribution in [3.8, 4) is 6.01 Å². The summed E-state index contributed by atoms with van der Waals surface area (Å²) in [6, 6.07) is 16.9. The van der Waals surface area contributed by atoms with Crippen LogP contribution in [0.2, 0.25) is 0 Å². The van der Waals surface area contributed by atoms with Gasteiger partial charge in [0.05, 0.1) is 0 Å². The number of benzene rings is 2. The molecule has 0 aliphatic carbocycles. The van der Waals surface area contributed by atoms with Crippen LogP contribution in [0.4, 0.5) is 0 Å². The third-order valence-electron chi connectivity index (χ3n) is 4.73. The van der Waals surface area contributed by atoms with Crippen molar-refractivity contribution >= 4 is 28.7 Å². The van der Waals surface area contributed by atoms with E-state index in [1.807, 2.05) is 18.2 Å². The number of amides is 2. The van der Waals surface area contributed by atoms with Crippen LogP contribution in [0.15, 0.2) is 65.1 Å². The molecular weight excluding hydrogens is 398 g/mol. The molecule has 31 heavy (non-hydrogen) atoms. The molecule has 0 radical (unpaired) electrons. The average molecular weight is 417 g/mol. The lowest BCUT2D eigenvalue weighted by atomic mass is 10.0. The van der Waals surface area contributed by atoms with E-state index < -0.39 is 23.6 Å². The molecule has 2 amide bonds. The van der Waals surface area contributed by atoms with E-state index in [1.165, 1.54) is 4.68 Å². The average Bonchev–Trinajstić information content (AvgIpc) is 3.36. The summed E-state index contributed by atoms with van der Waals surface area (Å²) < 4.78 is 7.10. The van der Waals surface area contributed by atoms with E-state index >= 15 is 0 Å². The largest absolute Gasteiger partial charge is 0.422 e. The number of para-hydroxylation sites is 2. The molecule has 156 valence electrons. The molecule has 4 aromatic rings. The molecule has 9 nitrogen and oxygen atoms in total. The Labute approximate surface area is 176 Å². The summed E-state index contributed by atoms with van der Waals surface area (Å²) in [5.74, 6) is -2.62. The number of hydrogen-bond acceptors (Lipinski definition) is 6. The smallest absolute Gasteiger partial charge is 0.324 e. The van der Waals surface area contributed by atoms with Crippen molar-refractivity contribution in [1.29, 1.82) is 0 Å². The highest BCUT2D eigenvalue weighted by Crippen LogP contribution is 2.19. The number of oxazole rings is 1. The number of nitrogens with zero attached hydrogens (tertiary/aromatic N) is 3. The lowest BCUT2D eigenvalue weighted by Gasteiger charge is -2.15. The number of rotatable bonds is 7. The Hall–Kier alpha value is -4.27. The number of fused-ring (bicyclic) bond motifs is 1. The number of Topliss-reactive ketones (excluding diaryl/α,β-unsaturated/α-hetero) is 1. The van der Waals surface area contributed by atoms with E-state index in [0.29, 0.717) is 16.8 Å². The molecule has 9 heteroatoms. The second-order valence-corrected chi connectivity index (χ2v) is 6.99. The number of primary amides is 1. The second-order valence-electron chi connectivity index (χ2n) is 6.99. The molecule has 2 aromatic heterocycles. The molecule has 0 aliphatic rings. The number of ketones is 1. The van der Waals surface area contributed by atoms with Gasteiger partial charge in [0.1, 0.15) is 11.6 Å². The molecule has 2 heterocycles. The zero-order valence-electron chi connectivity index (χ0n) is 16.6. The second kappa shape index (κ2) is 8.23.